The number of fused-ring (bicyclic) bond motifs is 3. The van der Waals surface area contributed by atoms with Crippen LogP contribution in [0.15, 0.2) is 42.7 Å². The molecule has 3 aromatic rings. The van der Waals surface area contributed by atoms with Crippen LogP contribution in [0.1, 0.15) is 6.92 Å². The van der Waals surface area contributed by atoms with Gasteiger partial charge < -0.3 is 4.90 Å². The monoisotopic (exact) mass is 237 g/mol. The molecule has 2 aromatic heterocycles. The zero-order chi connectivity index (χ0) is 12.5. The first-order chi connectivity index (χ1) is 8.81. The molecular weight excluding hydrogens is 222 g/mol. The van der Waals surface area contributed by atoms with Crippen molar-refractivity contribution >= 4 is 27.5 Å². The predicted molar refractivity (Wildman–Crippen MR) is 76.0 cm³/mol. The third-order valence-electron chi connectivity index (χ3n) is 3.32. The Bertz CT molecular complexity index is 706. The van der Waals surface area contributed by atoms with Crippen LogP contribution < -0.4 is 4.90 Å². The van der Waals surface area contributed by atoms with Crippen LogP contribution >= 0.6 is 0 Å². The standard InChI is InChI=1S/C15H15N3/c1-3-18(2)13-10-11-6-4-8-16-14(11)15-12(13)7-5-9-17-15/h4-10H,3H2,1-2H3. The molecule has 3 heteroatoms. The van der Waals surface area contributed by atoms with Crippen molar-refractivity contribution < 1.29 is 0 Å². The summed E-state index contributed by atoms with van der Waals surface area (Å²) >= 11 is 0. The highest BCUT2D eigenvalue weighted by Gasteiger charge is 2.10. The van der Waals surface area contributed by atoms with E-state index in [-0.39, 0.29) is 0 Å². The van der Waals surface area contributed by atoms with Crippen molar-refractivity contribution in [3.8, 4) is 0 Å². The Kier molecular flexibility index (Phi) is 2.59. The average molecular weight is 237 g/mol. The van der Waals surface area contributed by atoms with Crippen molar-refractivity contribution in [2.75, 3.05) is 18.5 Å². The number of hydrogen-bond donors (Lipinski definition) is 0. The van der Waals surface area contributed by atoms with E-state index in [0.29, 0.717) is 0 Å². The highest BCUT2D eigenvalue weighted by atomic mass is 15.1. The maximum absolute atomic E-state index is 4.50. The molecule has 0 radical (unpaired) electrons. The minimum atomic E-state index is 0.968. The van der Waals surface area contributed by atoms with Gasteiger partial charge in [0.25, 0.3) is 0 Å². The Hall–Kier alpha value is -2.16. The minimum Gasteiger partial charge on any atom is -0.374 e. The van der Waals surface area contributed by atoms with Crippen molar-refractivity contribution in [3.63, 3.8) is 0 Å². The zero-order valence-corrected chi connectivity index (χ0v) is 10.6. The number of nitrogens with zero attached hydrogens (tertiary/aromatic N) is 3. The van der Waals surface area contributed by atoms with Crippen LogP contribution in [0, 0.1) is 0 Å². The molecule has 0 amide bonds. The third-order valence-corrected chi connectivity index (χ3v) is 3.32. The van der Waals surface area contributed by atoms with E-state index in [1.807, 2.05) is 24.5 Å². The molecule has 0 aliphatic heterocycles. The summed E-state index contributed by atoms with van der Waals surface area (Å²) in [4.78, 5) is 11.2. The van der Waals surface area contributed by atoms with Crippen molar-refractivity contribution in [1.29, 1.82) is 0 Å². The smallest absolute Gasteiger partial charge is 0.0985 e. The Morgan fingerprint density at radius 3 is 2.56 bits per heavy atom. The molecule has 0 spiro atoms. The van der Waals surface area contributed by atoms with Crippen LogP contribution in [0.3, 0.4) is 0 Å². The molecule has 18 heavy (non-hydrogen) atoms. The van der Waals surface area contributed by atoms with Gasteiger partial charge in [-0.15, -0.1) is 0 Å². The molecule has 3 rings (SSSR count). The first-order valence-electron chi connectivity index (χ1n) is 6.15. The van der Waals surface area contributed by atoms with E-state index in [1.165, 1.54) is 5.69 Å². The first kappa shape index (κ1) is 11.0. The summed E-state index contributed by atoms with van der Waals surface area (Å²) in [6.07, 6.45) is 3.64. The second-order valence-electron chi connectivity index (χ2n) is 4.38. The first-order valence-corrected chi connectivity index (χ1v) is 6.15. The quantitative estimate of drug-likeness (QED) is 0.641. The molecule has 2 heterocycles. The van der Waals surface area contributed by atoms with Crippen LogP contribution in [0.4, 0.5) is 5.69 Å². The van der Waals surface area contributed by atoms with Crippen LogP contribution in [0.25, 0.3) is 21.8 Å². The van der Waals surface area contributed by atoms with Gasteiger partial charge in [-0.2, -0.15) is 0 Å². The summed E-state index contributed by atoms with van der Waals surface area (Å²) in [5, 5.41) is 2.30. The summed E-state index contributed by atoms with van der Waals surface area (Å²) in [7, 11) is 2.10. The number of anilines is 1. The SMILES string of the molecule is CCN(C)c1cc2cccnc2c2ncccc12. The molecule has 0 aliphatic rings. The molecular formula is C15H15N3. The van der Waals surface area contributed by atoms with E-state index in [1.54, 1.807) is 0 Å². The molecule has 0 saturated heterocycles. The number of benzene rings is 1. The largest absolute Gasteiger partial charge is 0.374 e. The fourth-order valence-electron chi connectivity index (χ4n) is 2.24. The van der Waals surface area contributed by atoms with Crippen molar-refractivity contribution in [3.05, 3.63) is 42.7 Å². The summed E-state index contributed by atoms with van der Waals surface area (Å²) in [6.45, 7) is 3.12. The van der Waals surface area contributed by atoms with Gasteiger partial charge >= 0.3 is 0 Å². The third kappa shape index (κ3) is 1.59. The molecule has 0 bridgehead atoms. The Morgan fingerprint density at radius 1 is 1.06 bits per heavy atom. The summed E-state index contributed by atoms with van der Waals surface area (Å²) in [5.41, 5.74) is 3.16. The van der Waals surface area contributed by atoms with Gasteiger partial charge in [0.1, 0.15) is 0 Å². The Balaban J connectivity index is 2.46. The molecule has 0 fully saturated rings. The summed E-state index contributed by atoms with van der Waals surface area (Å²) in [6, 6.07) is 10.3. The average Bonchev–Trinajstić information content (AvgIpc) is 2.45. The van der Waals surface area contributed by atoms with Crippen molar-refractivity contribution in [2.24, 2.45) is 0 Å². The zero-order valence-electron chi connectivity index (χ0n) is 10.6. The van der Waals surface area contributed by atoms with Crippen LogP contribution in [0.5, 0.6) is 0 Å². The molecule has 0 atom stereocenters. The highest BCUT2D eigenvalue weighted by Crippen LogP contribution is 2.30. The van der Waals surface area contributed by atoms with Crippen LogP contribution in [-0.2, 0) is 0 Å². The van der Waals surface area contributed by atoms with E-state index in [2.05, 4.69) is 47.0 Å². The Morgan fingerprint density at radius 2 is 1.78 bits per heavy atom. The van der Waals surface area contributed by atoms with Gasteiger partial charge in [0.15, 0.2) is 0 Å². The van der Waals surface area contributed by atoms with Gasteiger partial charge in [-0.05, 0) is 31.2 Å². The lowest BCUT2D eigenvalue weighted by Gasteiger charge is -2.19. The van der Waals surface area contributed by atoms with Gasteiger partial charge in [-0.3, -0.25) is 9.97 Å². The van der Waals surface area contributed by atoms with Gasteiger partial charge in [0, 0.05) is 42.4 Å². The second-order valence-corrected chi connectivity index (χ2v) is 4.38. The summed E-state index contributed by atoms with van der Waals surface area (Å²) in [5.74, 6) is 0. The van der Waals surface area contributed by atoms with Crippen LogP contribution in [-0.4, -0.2) is 23.6 Å². The van der Waals surface area contributed by atoms with Gasteiger partial charge in [-0.1, -0.05) is 6.07 Å². The topological polar surface area (TPSA) is 29.0 Å². The molecule has 3 nitrogen and oxygen atoms in total. The lowest BCUT2D eigenvalue weighted by atomic mass is 10.1. The number of aromatic nitrogens is 2. The van der Waals surface area contributed by atoms with Crippen molar-refractivity contribution in [2.45, 2.75) is 6.92 Å². The van der Waals surface area contributed by atoms with E-state index in [9.17, 15) is 0 Å². The maximum Gasteiger partial charge on any atom is 0.0985 e. The van der Waals surface area contributed by atoms with Gasteiger partial charge in [0.2, 0.25) is 0 Å². The highest BCUT2D eigenvalue weighted by molar-refractivity contribution is 6.09. The van der Waals surface area contributed by atoms with Gasteiger partial charge in [0.05, 0.1) is 11.0 Å². The van der Waals surface area contributed by atoms with E-state index in [0.717, 1.165) is 28.4 Å². The van der Waals surface area contributed by atoms with Gasteiger partial charge in [-0.25, -0.2) is 0 Å². The predicted octanol–water partition coefficient (Wildman–Crippen LogP) is 3.24. The van der Waals surface area contributed by atoms with E-state index >= 15 is 0 Å². The molecule has 0 aliphatic carbocycles. The van der Waals surface area contributed by atoms with E-state index < -0.39 is 0 Å². The molecule has 0 unspecified atom stereocenters. The van der Waals surface area contributed by atoms with Crippen LogP contribution in [0.2, 0.25) is 0 Å². The lowest BCUT2D eigenvalue weighted by Crippen LogP contribution is -2.16. The Labute approximate surface area is 106 Å². The number of pyridine rings is 2. The lowest BCUT2D eigenvalue weighted by molar-refractivity contribution is 0.974. The molecule has 0 N–H and O–H groups in total. The van der Waals surface area contributed by atoms with Crippen molar-refractivity contribution in [1.82, 2.24) is 9.97 Å². The normalized spacial score (nSPS) is 11.0. The molecule has 0 saturated carbocycles. The van der Waals surface area contributed by atoms with E-state index in [4.69, 9.17) is 0 Å². The fraction of sp³-hybridized carbons (Fsp3) is 0.200. The molecule has 1 aromatic carbocycles. The summed E-state index contributed by atoms with van der Waals surface area (Å²) < 4.78 is 0. The molecule has 90 valence electrons. The second kappa shape index (κ2) is 4.26. The fourth-order valence-corrected chi connectivity index (χ4v) is 2.24. The minimum absolute atomic E-state index is 0.968. The number of rotatable bonds is 2. The number of hydrogen-bond acceptors (Lipinski definition) is 3. The maximum atomic E-state index is 4.50.